The van der Waals surface area contributed by atoms with Gasteiger partial charge in [0.2, 0.25) is 10.0 Å². The number of rotatable bonds is 6. The van der Waals surface area contributed by atoms with Gasteiger partial charge in [0.25, 0.3) is 0 Å². The van der Waals surface area contributed by atoms with Crippen molar-refractivity contribution in [2.75, 3.05) is 27.7 Å². The van der Waals surface area contributed by atoms with E-state index in [1.165, 1.54) is 7.05 Å². The SMILES string of the molecule is CNS(=O)(=O)Cc1ccc2c(ccn2CCN(C)C)c1.O=S(=O)(O)O. The van der Waals surface area contributed by atoms with E-state index in [0.717, 1.165) is 29.6 Å². The molecule has 0 aliphatic rings. The van der Waals surface area contributed by atoms with E-state index in [4.69, 9.17) is 17.5 Å². The minimum absolute atomic E-state index is 0.0162. The molecule has 0 unspecified atom stereocenters. The Kier molecular flexibility index (Phi) is 7.53. The number of nitrogens with one attached hydrogen (secondary N) is 1. The van der Waals surface area contributed by atoms with Gasteiger partial charge in [0.1, 0.15) is 0 Å². The topological polar surface area (TPSA) is 129 Å². The Morgan fingerprint density at radius 3 is 2.24 bits per heavy atom. The van der Waals surface area contributed by atoms with Crippen LogP contribution in [0.1, 0.15) is 5.56 Å². The summed E-state index contributed by atoms with van der Waals surface area (Å²) in [6.07, 6.45) is 2.05. The summed E-state index contributed by atoms with van der Waals surface area (Å²) >= 11 is 0. The third-order valence-corrected chi connectivity index (χ3v) is 4.63. The maximum Gasteiger partial charge on any atom is 0.394 e. The largest absolute Gasteiger partial charge is 0.394 e. The maximum atomic E-state index is 11.6. The molecule has 0 saturated carbocycles. The molecule has 2 aromatic rings. The average Bonchev–Trinajstić information content (AvgIpc) is 2.85. The van der Waals surface area contributed by atoms with Gasteiger partial charge in [-0.25, -0.2) is 13.1 Å². The Hall–Kier alpha value is -1.50. The molecule has 0 aliphatic carbocycles. The second kappa shape index (κ2) is 8.74. The van der Waals surface area contributed by atoms with Gasteiger partial charge in [0.15, 0.2) is 0 Å². The van der Waals surface area contributed by atoms with Crippen LogP contribution in [0, 0.1) is 0 Å². The van der Waals surface area contributed by atoms with Crippen molar-refractivity contribution in [3.63, 3.8) is 0 Å². The summed E-state index contributed by atoms with van der Waals surface area (Å²) < 4.78 is 59.2. The Bertz CT molecular complexity index is 896. The van der Waals surface area contributed by atoms with Gasteiger partial charge in [0, 0.05) is 24.8 Å². The number of benzene rings is 1. The molecule has 1 aromatic heterocycles. The monoisotopic (exact) mass is 393 g/mol. The van der Waals surface area contributed by atoms with Crippen molar-refractivity contribution in [2.45, 2.75) is 12.3 Å². The van der Waals surface area contributed by atoms with Crippen molar-refractivity contribution in [2.24, 2.45) is 0 Å². The van der Waals surface area contributed by atoms with E-state index in [9.17, 15) is 8.42 Å². The zero-order valence-electron chi connectivity index (χ0n) is 14.2. The minimum atomic E-state index is -4.67. The highest BCUT2D eigenvalue weighted by atomic mass is 32.3. The number of sulfonamides is 1. The lowest BCUT2D eigenvalue weighted by molar-refractivity contribution is 0.381. The fraction of sp³-hybridized carbons (Fsp3) is 0.429. The summed E-state index contributed by atoms with van der Waals surface area (Å²) in [5, 5.41) is 1.08. The van der Waals surface area contributed by atoms with Gasteiger partial charge in [-0.1, -0.05) is 6.07 Å². The van der Waals surface area contributed by atoms with E-state index in [1.54, 1.807) is 0 Å². The normalized spacial score (nSPS) is 12.2. The van der Waals surface area contributed by atoms with Crippen molar-refractivity contribution < 1.29 is 25.9 Å². The molecule has 1 heterocycles. The lowest BCUT2D eigenvalue weighted by Crippen LogP contribution is -2.20. The predicted molar refractivity (Wildman–Crippen MR) is 96.4 cm³/mol. The molecule has 142 valence electrons. The standard InChI is InChI=1S/C14H21N3O2S.H2O4S/c1-15-20(18,19)11-12-4-5-14-13(10-12)6-7-17(14)9-8-16(2)3;1-5(2,3)4/h4-7,10,15H,8-9,11H2,1-3H3;(H2,1,2,3,4). The summed E-state index contributed by atoms with van der Waals surface area (Å²) in [5.41, 5.74) is 1.94. The van der Waals surface area contributed by atoms with Crippen LogP contribution in [0.25, 0.3) is 10.9 Å². The highest BCUT2D eigenvalue weighted by Gasteiger charge is 2.10. The first-order valence-corrected chi connectivity index (χ1v) is 10.3. The van der Waals surface area contributed by atoms with E-state index >= 15 is 0 Å². The van der Waals surface area contributed by atoms with E-state index < -0.39 is 20.4 Å². The molecule has 0 radical (unpaired) electrons. The molecule has 2 rings (SSSR count). The third kappa shape index (κ3) is 8.43. The lowest BCUT2D eigenvalue weighted by atomic mass is 10.2. The maximum absolute atomic E-state index is 11.6. The van der Waals surface area contributed by atoms with Gasteiger partial charge >= 0.3 is 10.4 Å². The molecule has 25 heavy (non-hydrogen) atoms. The van der Waals surface area contributed by atoms with Gasteiger partial charge in [-0.3, -0.25) is 9.11 Å². The van der Waals surface area contributed by atoms with Crippen molar-refractivity contribution in [3.8, 4) is 0 Å². The van der Waals surface area contributed by atoms with E-state index in [2.05, 4.69) is 14.2 Å². The van der Waals surface area contributed by atoms with Crippen LogP contribution in [0.2, 0.25) is 0 Å². The number of likely N-dealkylation sites (N-methyl/N-ethyl adjacent to an activating group) is 1. The second-order valence-electron chi connectivity index (χ2n) is 5.62. The smallest absolute Gasteiger partial charge is 0.346 e. The van der Waals surface area contributed by atoms with Crippen molar-refractivity contribution >= 4 is 31.3 Å². The van der Waals surface area contributed by atoms with Crippen LogP contribution in [0.5, 0.6) is 0 Å². The van der Waals surface area contributed by atoms with Crippen molar-refractivity contribution in [1.29, 1.82) is 0 Å². The molecule has 0 amide bonds. The fourth-order valence-electron chi connectivity index (χ4n) is 2.13. The van der Waals surface area contributed by atoms with Crippen molar-refractivity contribution in [3.05, 3.63) is 36.0 Å². The van der Waals surface area contributed by atoms with Crippen molar-refractivity contribution in [1.82, 2.24) is 14.2 Å². The number of nitrogens with zero attached hydrogens (tertiary/aromatic N) is 2. The van der Waals surface area contributed by atoms with Crippen LogP contribution in [0.15, 0.2) is 30.5 Å². The second-order valence-corrected chi connectivity index (χ2v) is 8.44. The highest BCUT2D eigenvalue weighted by molar-refractivity contribution is 7.88. The molecular weight excluding hydrogens is 370 g/mol. The van der Waals surface area contributed by atoms with Gasteiger partial charge in [-0.05, 0) is 50.3 Å². The van der Waals surface area contributed by atoms with Crippen LogP contribution in [0.4, 0.5) is 0 Å². The molecule has 0 bridgehead atoms. The summed E-state index contributed by atoms with van der Waals surface area (Å²) in [6.45, 7) is 1.89. The first kappa shape index (κ1) is 21.5. The molecule has 11 heteroatoms. The minimum Gasteiger partial charge on any atom is -0.346 e. The Labute approximate surface area is 147 Å². The number of aromatic nitrogens is 1. The molecule has 0 aliphatic heterocycles. The lowest BCUT2D eigenvalue weighted by Gasteiger charge is -2.11. The Balaban J connectivity index is 0.000000550. The first-order valence-electron chi connectivity index (χ1n) is 7.25. The molecule has 0 fully saturated rings. The fourth-order valence-corrected chi connectivity index (χ4v) is 2.90. The van der Waals surface area contributed by atoms with Gasteiger partial charge < -0.3 is 9.47 Å². The zero-order valence-corrected chi connectivity index (χ0v) is 15.9. The number of fused-ring (bicyclic) bond motifs is 1. The number of hydrogen-bond donors (Lipinski definition) is 3. The molecule has 0 atom stereocenters. The van der Waals surface area contributed by atoms with E-state index in [0.29, 0.717) is 0 Å². The molecule has 3 N–H and O–H groups in total. The zero-order chi connectivity index (χ0) is 19.3. The van der Waals surface area contributed by atoms with E-state index in [1.807, 2.05) is 44.6 Å². The first-order chi connectivity index (χ1) is 11.4. The summed E-state index contributed by atoms with van der Waals surface area (Å²) in [5.74, 6) is 0.0162. The molecule has 1 aromatic carbocycles. The Morgan fingerprint density at radius 1 is 1.12 bits per heavy atom. The van der Waals surface area contributed by atoms with Gasteiger partial charge in [0.05, 0.1) is 5.75 Å². The molecular formula is C14H23N3O6S2. The quantitative estimate of drug-likeness (QED) is 0.613. The summed E-state index contributed by atoms with van der Waals surface area (Å²) in [4.78, 5) is 2.14. The van der Waals surface area contributed by atoms with Crippen LogP contribution in [-0.4, -0.2) is 63.1 Å². The number of hydrogen-bond acceptors (Lipinski definition) is 5. The molecule has 0 saturated heterocycles. The molecule has 9 nitrogen and oxygen atoms in total. The Morgan fingerprint density at radius 2 is 1.72 bits per heavy atom. The summed E-state index contributed by atoms with van der Waals surface area (Å²) in [6, 6.07) is 7.84. The van der Waals surface area contributed by atoms with Gasteiger partial charge in [-0.2, -0.15) is 8.42 Å². The van der Waals surface area contributed by atoms with E-state index in [-0.39, 0.29) is 5.75 Å². The van der Waals surface area contributed by atoms with Crippen LogP contribution in [-0.2, 0) is 32.7 Å². The van der Waals surface area contributed by atoms with Crippen LogP contribution >= 0.6 is 0 Å². The average molecular weight is 393 g/mol. The third-order valence-electron chi connectivity index (χ3n) is 3.29. The molecule has 0 spiro atoms. The summed E-state index contributed by atoms with van der Waals surface area (Å²) in [7, 11) is -2.35. The van der Waals surface area contributed by atoms with Crippen LogP contribution in [0.3, 0.4) is 0 Å². The van der Waals surface area contributed by atoms with Crippen LogP contribution < -0.4 is 4.72 Å². The highest BCUT2D eigenvalue weighted by Crippen LogP contribution is 2.19. The van der Waals surface area contributed by atoms with Gasteiger partial charge in [-0.15, -0.1) is 0 Å². The predicted octanol–water partition coefficient (Wildman–Crippen LogP) is 0.599.